The number of anilines is 1. The SMILES string of the molecule is CC1=C(C(=O)Nc2cccc(C(F)(F)F)c2)[C@H](c2ccc(Cl)cc2Cl)NC(=O)N1. The molecule has 3 amide bonds. The number of benzene rings is 2. The van der Waals surface area contributed by atoms with E-state index in [9.17, 15) is 22.8 Å². The summed E-state index contributed by atoms with van der Waals surface area (Å²) in [5.41, 5.74) is -0.170. The molecule has 0 aliphatic carbocycles. The van der Waals surface area contributed by atoms with E-state index in [0.29, 0.717) is 10.6 Å². The van der Waals surface area contributed by atoms with Gasteiger partial charge < -0.3 is 16.0 Å². The Kier molecular flexibility index (Phi) is 5.77. The van der Waals surface area contributed by atoms with Gasteiger partial charge in [-0.05, 0) is 42.8 Å². The standard InChI is InChI=1S/C19H14Cl2F3N3O2/c1-9-15(17(28)26-12-4-2-3-10(7-12)19(22,23)24)16(27-18(29)25-9)13-6-5-11(20)8-14(13)21/h2-8,16H,1H3,(H,26,28)(H2,25,27,29)/t16-/m0/s1. The normalized spacial score (nSPS) is 16.9. The molecule has 0 spiro atoms. The van der Waals surface area contributed by atoms with Crippen LogP contribution in [-0.4, -0.2) is 11.9 Å². The average Bonchev–Trinajstić information content (AvgIpc) is 2.60. The topological polar surface area (TPSA) is 70.2 Å². The first-order valence-electron chi connectivity index (χ1n) is 8.28. The van der Waals surface area contributed by atoms with Gasteiger partial charge in [-0.1, -0.05) is 35.3 Å². The number of nitrogens with one attached hydrogen (secondary N) is 3. The second-order valence-corrected chi connectivity index (χ2v) is 7.11. The number of allylic oxidation sites excluding steroid dienone is 1. The molecule has 1 aliphatic heterocycles. The van der Waals surface area contributed by atoms with Gasteiger partial charge in [-0.25, -0.2) is 4.79 Å². The average molecular weight is 444 g/mol. The second-order valence-electron chi connectivity index (χ2n) is 6.27. The van der Waals surface area contributed by atoms with Gasteiger partial charge in [-0.15, -0.1) is 0 Å². The molecular formula is C19H14Cl2F3N3O2. The monoisotopic (exact) mass is 443 g/mol. The van der Waals surface area contributed by atoms with Gasteiger partial charge >= 0.3 is 12.2 Å². The molecule has 1 atom stereocenters. The third kappa shape index (κ3) is 4.65. The lowest BCUT2D eigenvalue weighted by atomic mass is 9.94. The first-order chi connectivity index (χ1) is 13.6. The molecule has 0 bridgehead atoms. The lowest BCUT2D eigenvalue weighted by Crippen LogP contribution is -2.46. The van der Waals surface area contributed by atoms with E-state index < -0.39 is 29.7 Å². The Morgan fingerprint density at radius 2 is 1.86 bits per heavy atom. The second kappa shape index (κ2) is 7.96. The maximum Gasteiger partial charge on any atom is 0.416 e. The maximum absolute atomic E-state index is 12.9. The van der Waals surface area contributed by atoms with Gasteiger partial charge in [0.1, 0.15) is 0 Å². The van der Waals surface area contributed by atoms with Gasteiger partial charge in [0.25, 0.3) is 5.91 Å². The first kappa shape index (κ1) is 21.0. The molecule has 1 heterocycles. The van der Waals surface area contributed by atoms with Crippen LogP contribution in [0, 0.1) is 0 Å². The van der Waals surface area contributed by atoms with Crippen LogP contribution in [0.5, 0.6) is 0 Å². The minimum atomic E-state index is -4.55. The molecule has 3 N–H and O–H groups in total. The Labute approximate surface area is 173 Å². The van der Waals surface area contributed by atoms with Crippen LogP contribution < -0.4 is 16.0 Å². The summed E-state index contributed by atoms with van der Waals surface area (Å²) in [6.07, 6.45) is -4.55. The van der Waals surface area contributed by atoms with Crippen molar-refractivity contribution in [3.05, 3.63) is 74.9 Å². The number of hydrogen-bond acceptors (Lipinski definition) is 2. The van der Waals surface area contributed by atoms with Gasteiger partial charge in [0, 0.05) is 21.4 Å². The molecule has 0 fully saturated rings. The number of rotatable bonds is 3. The minimum Gasteiger partial charge on any atom is -0.327 e. The minimum absolute atomic E-state index is 0.0389. The van der Waals surface area contributed by atoms with Crippen LogP contribution in [0.3, 0.4) is 0 Å². The van der Waals surface area contributed by atoms with Crippen LogP contribution in [0.25, 0.3) is 0 Å². The van der Waals surface area contributed by atoms with E-state index in [2.05, 4.69) is 16.0 Å². The number of urea groups is 1. The zero-order valence-corrected chi connectivity index (χ0v) is 16.3. The molecule has 2 aromatic rings. The number of hydrogen-bond donors (Lipinski definition) is 3. The Morgan fingerprint density at radius 1 is 1.14 bits per heavy atom. The molecule has 3 rings (SSSR count). The molecular weight excluding hydrogens is 430 g/mol. The molecule has 5 nitrogen and oxygen atoms in total. The Bertz CT molecular complexity index is 1020. The van der Waals surface area contributed by atoms with Crippen LogP contribution in [0.1, 0.15) is 24.1 Å². The van der Waals surface area contributed by atoms with Crippen molar-refractivity contribution in [2.45, 2.75) is 19.1 Å². The number of amides is 3. The summed E-state index contributed by atoms with van der Waals surface area (Å²) in [6, 6.07) is 7.36. The van der Waals surface area contributed by atoms with E-state index >= 15 is 0 Å². The molecule has 152 valence electrons. The van der Waals surface area contributed by atoms with E-state index in [-0.39, 0.29) is 22.0 Å². The van der Waals surface area contributed by atoms with Crippen molar-refractivity contribution in [3.63, 3.8) is 0 Å². The number of carbonyl (C=O) groups is 2. The van der Waals surface area contributed by atoms with Crippen molar-refractivity contribution in [1.29, 1.82) is 0 Å². The Balaban J connectivity index is 1.96. The van der Waals surface area contributed by atoms with E-state index in [1.807, 2.05) is 0 Å². The van der Waals surface area contributed by atoms with Crippen LogP contribution in [0.15, 0.2) is 53.7 Å². The Morgan fingerprint density at radius 3 is 2.52 bits per heavy atom. The van der Waals surface area contributed by atoms with E-state index in [1.54, 1.807) is 12.1 Å². The number of halogens is 5. The number of alkyl halides is 3. The summed E-state index contributed by atoms with van der Waals surface area (Å²) in [6.45, 7) is 1.51. The van der Waals surface area contributed by atoms with Crippen LogP contribution in [0.4, 0.5) is 23.7 Å². The molecule has 0 saturated heterocycles. The zero-order chi connectivity index (χ0) is 21.3. The first-order valence-corrected chi connectivity index (χ1v) is 9.03. The van der Waals surface area contributed by atoms with Crippen LogP contribution in [-0.2, 0) is 11.0 Å². The highest BCUT2D eigenvalue weighted by atomic mass is 35.5. The molecule has 0 saturated carbocycles. The summed E-state index contributed by atoms with van der Waals surface area (Å²) >= 11 is 12.1. The molecule has 1 aliphatic rings. The predicted molar refractivity (Wildman–Crippen MR) is 104 cm³/mol. The van der Waals surface area contributed by atoms with Gasteiger partial charge in [0.15, 0.2) is 0 Å². The highest BCUT2D eigenvalue weighted by Crippen LogP contribution is 2.34. The molecule has 29 heavy (non-hydrogen) atoms. The van der Waals surface area contributed by atoms with Crippen LogP contribution >= 0.6 is 23.2 Å². The van der Waals surface area contributed by atoms with Gasteiger partial charge in [-0.2, -0.15) is 13.2 Å². The largest absolute Gasteiger partial charge is 0.416 e. The maximum atomic E-state index is 12.9. The number of carbonyl (C=O) groups excluding carboxylic acids is 2. The van der Waals surface area contributed by atoms with Crippen LogP contribution in [0.2, 0.25) is 10.0 Å². The molecule has 10 heteroatoms. The molecule has 2 aromatic carbocycles. The molecule has 0 aromatic heterocycles. The Hall–Kier alpha value is -2.71. The van der Waals surface area contributed by atoms with Crippen molar-refractivity contribution in [3.8, 4) is 0 Å². The predicted octanol–water partition coefficient (Wildman–Crippen LogP) is 5.28. The van der Waals surface area contributed by atoms with E-state index in [0.717, 1.165) is 12.1 Å². The van der Waals surface area contributed by atoms with E-state index in [4.69, 9.17) is 23.2 Å². The molecule has 0 radical (unpaired) electrons. The third-order valence-corrected chi connectivity index (χ3v) is 4.80. The lowest BCUT2D eigenvalue weighted by molar-refractivity contribution is -0.137. The van der Waals surface area contributed by atoms with Crippen molar-refractivity contribution >= 4 is 40.8 Å². The summed E-state index contributed by atoms with van der Waals surface area (Å²) < 4.78 is 38.8. The van der Waals surface area contributed by atoms with Gasteiger partial charge in [0.05, 0.1) is 17.2 Å². The highest BCUT2D eigenvalue weighted by molar-refractivity contribution is 6.35. The fraction of sp³-hybridized carbons (Fsp3) is 0.158. The van der Waals surface area contributed by atoms with Crippen molar-refractivity contribution in [1.82, 2.24) is 10.6 Å². The summed E-state index contributed by atoms with van der Waals surface area (Å²) in [5, 5.41) is 8.12. The lowest BCUT2D eigenvalue weighted by Gasteiger charge is -2.29. The summed E-state index contributed by atoms with van der Waals surface area (Å²) in [7, 11) is 0. The zero-order valence-electron chi connectivity index (χ0n) is 14.8. The van der Waals surface area contributed by atoms with Crippen molar-refractivity contribution < 1.29 is 22.8 Å². The highest BCUT2D eigenvalue weighted by Gasteiger charge is 2.33. The molecule has 0 unspecified atom stereocenters. The van der Waals surface area contributed by atoms with Gasteiger partial charge in [0.2, 0.25) is 0 Å². The van der Waals surface area contributed by atoms with Crippen molar-refractivity contribution in [2.75, 3.05) is 5.32 Å². The fourth-order valence-electron chi connectivity index (χ4n) is 2.94. The smallest absolute Gasteiger partial charge is 0.327 e. The third-order valence-electron chi connectivity index (χ3n) is 4.24. The fourth-order valence-corrected chi connectivity index (χ4v) is 3.45. The summed E-state index contributed by atoms with van der Waals surface area (Å²) in [5.74, 6) is -0.689. The quantitative estimate of drug-likeness (QED) is 0.603. The summed E-state index contributed by atoms with van der Waals surface area (Å²) in [4.78, 5) is 24.8. The van der Waals surface area contributed by atoms with Crippen molar-refractivity contribution in [2.24, 2.45) is 0 Å². The van der Waals surface area contributed by atoms with E-state index in [1.165, 1.54) is 25.1 Å². The van der Waals surface area contributed by atoms with Gasteiger partial charge in [-0.3, -0.25) is 4.79 Å².